The molecule has 0 fully saturated rings. The first kappa shape index (κ1) is 19.4. The highest BCUT2D eigenvalue weighted by Crippen LogP contribution is 2.36. The number of carbonyl (C=O) groups is 2. The summed E-state index contributed by atoms with van der Waals surface area (Å²) in [6, 6.07) is 10.9. The Morgan fingerprint density at radius 2 is 1.96 bits per heavy atom. The summed E-state index contributed by atoms with van der Waals surface area (Å²) in [6.45, 7) is 2.36. The van der Waals surface area contributed by atoms with Crippen LogP contribution in [0.4, 0.5) is 10.1 Å². The number of hydrogen-bond acceptors (Lipinski definition) is 4. The highest BCUT2D eigenvalue weighted by atomic mass is 19.1. The average Bonchev–Trinajstić information content (AvgIpc) is 2.69. The summed E-state index contributed by atoms with van der Waals surface area (Å²) >= 11 is 0. The zero-order valence-electron chi connectivity index (χ0n) is 15.7. The molecule has 0 bridgehead atoms. The zero-order valence-corrected chi connectivity index (χ0v) is 15.7. The van der Waals surface area contributed by atoms with Crippen LogP contribution in [0.2, 0.25) is 0 Å². The third kappa shape index (κ3) is 4.49. The van der Waals surface area contributed by atoms with Gasteiger partial charge in [0.1, 0.15) is 12.4 Å². The summed E-state index contributed by atoms with van der Waals surface area (Å²) in [5.41, 5.74) is 1.66. The molecule has 0 radical (unpaired) electrons. The molecular weight excluding hydrogens is 363 g/mol. The molecule has 6 nitrogen and oxygen atoms in total. The Kier molecular flexibility index (Phi) is 5.93. The number of carbonyl (C=O) groups excluding carboxylic acids is 2. The lowest BCUT2D eigenvalue weighted by atomic mass is 10.1. The number of nitrogens with one attached hydrogen (secondary N) is 1. The largest absolute Gasteiger partial charge is 0.490 e. The normalized spacial score (nSPS) is 12.3. The Morgan fingerprint density at radius 3 is 2.68 bits per heavy atom. The van der Waals surface area contributed by atoms with Crippen molar-refractivity contribution >= 4 is 23.6 Å². The van der Waals surface area contributed by atoms with Crippen LogP contribution in [0.25, 0.3) is 6.08 Å². The summed E-state index contributed by atoms with van der Waals surface area (Å²) < 4.78 is 24.2. The van der Waals surface area contributed by atoms with Crippen LogP contribution in [-0.4, -0.2) is 43.5 Å². The summed E-state index contributed by atoms with van der Waals surface area (Å²) in [7, 11) is 1.54. The summed E-state index contributed by atoms with van der Waals surface area (Å²) in [6.07, 6.45) is 1.75. The molecule has 1 aliphatic rings. The van der Waals surface area contributed by atoms with E-state index in [0.717, 1.165) is 5.56 Å². The Morgan fingerprint density at radius 1 is 1.21 bits per heavy atom. The number of halogens is 1. The van der Waals surface area contributed by atoms with E-state index in [1.54, 1.807) is 13.1 Å². The number of ether oxygens (including phenoxy) is 2. The van der Waals surface area contributed by atoms with Crippen molar-refractivity contribution in [2.45, 2.75) is 6.92 Å². The van der Waals surface area contributed by atoms with Gasteiger partial charge in [0.05, 0.1) is 18.7 Å². The van der Waals surface area contributed by atoms with Gasteiger partial charge in [-0.3, -0.25) is 9.59 Å². The maximum atomic E-state index is 12.9. The van der Waals surface area contributed by atoms with Crippen LogP contribution in [0, 0.1) is 5.82 Å². The second kappa shape index (κ2) is 8.56. The van der Waals surface area contributed by atoms with Gasteiger partial charge in [-0.1, -0.05) is 12.1 Å². The first-order chi connectivity index (χ1) is 13.5. The van der Waals surface area contributed by atoms with Crippen molar-refractivity contribution in [3.05, 3.63) is 59.4 Å². The number of rotatable bonds is 6. The van der Waals surface area contributed by atoms with E-state index in [2.05, 4.69) is 5.32 Å². The lowest BCUT2D eigenvalue weighted by molar-refractivity contribution is -0.130. The van der Waals surface area contributed by atoms with Crippen LogP contribution in [0.15, 0.2) is 48.0 Å². The molecule has 2 aromatic carbocycles. The number of fused-ring (bicyclic) bond motifs is 1. The molecule has 0 saturated carbocycles. The molecule has 1 heterocycles. The minimum Gasteiger partial charge on any atom is -0.490 e. The van der Waals surface area contributed by atoms with Crippen molar-refractivity contribution in [1.82, 2.24) is 4.90 Å². The van der Waals surface area contributed by atoms with Crippen LogP contribution in [-0.2, 0) is 9.59 Å². The average molecular weight is 384 g/mol. The van der Waals surface area contributed by atoms with Crippen LogP contribution in [0.1, 0.15) is 12.5 Å². The number of para-hydroxylation sites is 1. The molecule has 0 aromatic heterocycles. The molecule has 0 atom stereocenters. The summed E-state index contributed by atoms with van der Waals surface area (Å²) in [4.78, 5) is 26.1. The molecule has 2 amide bonds. The van der Waals surface area contributed by atoms with Gasteiger partial charge in [0.25, 0.3) is 5.91 Å². The van der Waals surface area contributed by atoms with E-state index in [9.17, 15) is 14.0 Å². The molecule has 1 aliphatic heterocycles. The fraction of sp³-hybridized carbons (Fsp3) is 0.238. The predicted octanol–water partition coefficient (Wildman–Crippen LogP) is 3.10. The number of likely N-dealkylation sites (N-methyl/N-ethyl adjacent to an activating group) is 1. The van der Waals surface area contributed by atoms with E-state index in [1.165, 1.54) is 29.2 Å². The highest BCUT2D eigenvalue weighted by Gasteiger charge is 2.23. The van der Waals surface area contributed by atoms with Crippen molar-refractivity contribution in [3.63, 3.8) is 0 Å². The quantitative estimate of drug-likeness (QED) is 0.831. The topological polar surface area (TPSA) is 67.9 Å². The summed E-state index contributed by atoms with van der Waals surface area (Å²) in [5, 5.41) is 2.63. The van der Waals surface area contributed by atoms with Gasteiger partial charge in [0.2, 0.25) is 5.91 Å². The third-order valence-electron chi connectivity index (χ3n) is 4.14. The van der Waals surface area contributed by atoms with Gasteiger partial charge in [0.15, 0.2) is 11.5 Å². The van der Waals surface area contributed by atoms with Crippen molar-refractivity contribution in [2.24, 2.45) is 0 Å². The number of amides is 2. The standard InChI is InChI=1S/C21H21FN2O4/c1-3-27-18-6-4-5-14-11-15(13-28-20(14)18)21(26)24(2)12-19(25)23-17-9-7-16(22)8-10-17/h4-11H,3,12-13H2,1-2H3,(H,23,25). The Hall–Kier alpha value is -3.35. The van der Waals surface area contributed by atoms with Crippen molar-refractivity contribution in [3.8, 4) is 11.5 Å². The van der Waals surface area contributed by atoms with E-state index < -0.39 is 0 Å². The molecule has 0 aliphatic carbocycles. The van der Waals surface area contributed by atoms with Crippen molar-refractivity contribution in [1.29, 1.82) is 0 Å². The van der Waals surface area contributed by atoms with Crippen LogP contribution in [0.3, 0.4) is 0 Å². The van der Waals surface area contributed by atoms with E-state index in [0.29, 0.717) is 29.4 Å². The maximum Gasteiger partial charge on any atom is 0.253 e. The Labute approximate surface area is 162 Å². The van der Waals surface area contributed by atoms with Gasteiger partial charge in [-0.2, -0.15) is 0 Å². The first-order valence-corrected chi connectivity index (χ1v) is 8.88. The van der Waals surface area contributed by atoms with Gasteiger partial charge >= 0.3 is 0 Å². The predicted molar refractivity (Wildman–Crippen MR) is 104 cm³/mol. The minimum atomic E-state index is -0.387. The summed E-state index contributed by atoms with van der Waals surface area (Å²) in [5.74, 6) is 0.176. The van der Waals surface area contributed by atoms with Crippen LogP contribution < -0.4 is 14.8 Å². The van der Waals surface area contributed by atoms with Crippen molar-refractivity contribution in [2.75, 3.05) is 32.1 Å². The molecule has 1 N–H and O–H groups in total. The van der Waals surface area contributed by atoms with E-state index >= 15 is 0 Å². The maximum absolute atomic E-state index is 12.9. The third-order valence-corrected chi connectivity index (χ3v) is 4.14. The highest BCUT2D eigenvalue weighted by molar-refractivity contribution is 6.02. The minimum absolute atomic E-state index is 0.0971. The molecule has 2 aromatic rings. The lowest BCUT2D eigenvalue weighted by Crippen LogP contribution is -2.37. The Bertz CT molecular complexity index is 909. The molecule has 0 spiro atoms. The molecule has 0 unspecified atom stereocenters. The molecule has 3 rings (SSSR count). The van der Waals surface area contributed by atoms with E-state index in [1.807, 2.05) is 25.1 Å². The van der Waals surface area contributed by atoms with Crippen LogP contribution >= 0.6 is 0 Å². The SMILES string of the molecule is CCOc1cccc2c1OCC(C(=O)N(C)CC(=O)Nc1ccc(F)cc1)=C2. The number of anilines is 1. The van der Waals surface area contributed by atoms with Crippen LogP contribution in [0.5, 0.6) is 11.5 Å². The lowest BCUT2D eigenvalue weighted by Gasteiger charge is -2.23. The molecule has 7 heteroatoms. The molecule has 28 heavy (non-hydrogen) atoms. The molecule has 0 saturated heterocycles. The second-order valence-corrected chi connectivity index (χ2v) is 6.28. The van der Waals surface area contributed by atoms with Gasteiger partial charge in [-0.15, -0.1) is 0 Å². The zero-order chi connectivity index (χ0) is 20.1. The fourth-order valence-corrected chi connectivity index (χ4v) is 2.84. The Balaban J connectivity index is 1.65. The monoisotopic (exact) mass is 384 g/mol. The van der Waals surface area contributed by atoms with E-state index in [4.69, 9.17) is 9.47 Å². The van der Waals surface area contributed by atoms with Gasteiger partial charge < -0.3 is 19.7 Å². The number of hydrogen-bond donors (Lipinski definition) is 1. The smallest absolute Gasteiger partial charge is 0.253 e. The van der Waals surface area contributed by atoms with Gasteiger partial charge in [-0.25, -0.2) is 4.39 Å². The van der Waals surface area contributed by atoms with Gasteiger partial charge in [-0.05, 0) is 43.3 Å². The second-order valence-electron chi connectivity index (χ2n) is 6.28. The molecular formula is C21H21FN2O4. The molecule has 146 valence electrons. The fourth-order valence-electron chi connectivity index (χ4n) is 2.84. The van der Waals surface area contributed by atoms with Crippen molar-refractivity contribution < 1.29 is 23.5 Å². The number of benzene rings is 2. The van der Waals surface area contributed by atoms with E-state index in [-0.39, 0.29) is 30.8 Å². The van der Waals surface area contributed by atoms with Gasteiger partial charge in [0, 0.05) is 18.3 Å². The number of nitrogens with zero attached hydrogens (tertiary/aromatic N) is 1. The first-order valence-electron chi connectivity index (χ1n) is 8.88.